The molecule has 0 saturated carbocycles. The second kappa shape index (κ2) is 10.5. The highest BCUT2D eigenvalue weighted by atomic mass is 16.5. The first-order chi connectivity index (χ1) is 16.0. The van der Waals surface area contributed by atoms with Crippen molar-refractivity contribution in [2.24, 2.45) is 0 Å². The van der Waals surface area contributed by atoms with E-state index >= 15 is 0 Å². The lowest BCUT2D eigenvalue weighted by atomic mass is 10.2. The Labute approximate surface area is 196 Å². The maximum atomic E-state index is 5.90. The Morgan fingerprint density at radius 3 is 2.52 bits per heavy atom. The molecule has 7 heteroatoms. The summed E-state index contributed by atoms with van der Waals surface area (Å²) in [6, 6.07) is 14.1. The highest BCUT2D eigenvalue weighted by molar-refractivity contribution is 5.66. The first kappa shape index (κ1) is 22.9. The van der Waals surface area contributed by atoms with E-state index in [2.05, 4.69) is 27.3 Å². The summed E-state index contributed by atoms with van der Waals surface area (Å²) in [5.41, 5.74) is 4.00. The van der Waals surface area contributed by atoms with Gasteiger partial charge in [-0.3, -0.25) is 4.90 Å². The second-order valence-electron chi connectivity index (χ2n) is 8.46. The van der Waals surface area contributed by atoms with Crippen molar-refractivity contribution in [2.75, 3.05) is 50.6 Å². The first-order valence-corrected chi connectivity index (χ1v) is 11.5. The lowest BCUT2D eigenvalue weighted by molar-refractivity contribution is 0.238. The van der Waals surface area contributed by atoms with Gasteiger partial charge >= 0.3 is 0 Å². The van der Waals surface area contributed by atoms with Gasteiger partial charge < -0.3 is 19.7 Å². The summed E-state index contributed by atoms with van der Waals surface area (Å²) in [6.45, 7) is 8.13. The van der Waals surface area contributed by atoms with Gasteiger partial charge in [0.1, 0.15) is 23.9 Å². The van der Waals surface area contributed by atoms with Gasteiger partial charge in [-0.25, -0.2) is 4.98 Å². The molecule has 0 atom stereocenters. The zero-order chi connectivity index (χ0) is 23.2. The number of hydrogen-bond donors (Lipinski definition) is 1. The van der Waals surface area contributed by atoms with Gasteiger partial charge in [0, 0.05) is 42.8 Å². The van der Waals surface area contributed by atoms with Crippen LogP contribution in [0.15, 0.2) is 48.7 Å². The lowest BCUT2D eigenvalue weighted by Crippen LogP contribution is -2.25. The Hall–Kier alpha value is -3.32. The van der Waals surface area contributed by atoms with Crippen LogP contribution < -0.4 is 19.7 Å². The molecule has 1 aliphatic heterocycles. The predicted octanol–water partition coefficient (Wildman–Crippen LogP) is 5.09. The smallest absolute Gasteiger partial charge is 0.229 e. The number of hydrogen-bond acceptors (Lipinski definition) is 7. The summed E-state index contributed by atoms with van der Waals surface area (Å²) in [5.74, 6) is 3.11. The minimum absolute atomic E-state index is 0.546. The van der Waals surface area contributed by atoms with Crippen LogP contribution in [0.3, 0.4) is 0 Å². The van der Waals surface area contributed by atoms with Crippen molar-refractivity contribution in [1.82, 2.24) is 14.9 Å². The fourth-order valence-corrected chi connectivity index (χ4v) is 4.03. The van der Waals surface area contributed by atoms with E-state index < -0.39 is 0 Å². The van der Waals surface area contributed by atoms with E-state index in [-0.39, 0.29) is 0 Å². The number of aryl methyl sites for hydroxylation is 2. The SMILES string of the molecule is COc1cc(N(C)c2nc(Nc3ccc(OCCN4CCCC4)cc3)ncc2C)ccc1C. The monoisotopic (exact) mass is 447 g/mol. The van der Waals surface area contributed by atoms with Gasteiger partial charge in [0.25, 0.3) is 0 Å². The number of likely N-dealkylation sites (tertiary alicyclic amines) is 1. The summed E-state index contributed by atoms with van der Waals surface area (Å²) in [4.78, 5) is 13.7. The van der Waals surface area contributed by atoms with Crippen molar-refractivity contribution in [1.29, 1.82) is 0 Å². The summed E-state index contributed by atoms with van der Waals surface area (Å²) in [7, 11) is 3.69. The number of nitrogens with zero attached hydrogens (tertiary/aromatic N) is 4. The Morgan fingerprint density at radius 1 is 1.03 bits per heavy atom. The van der Waals surface area contributed by atoms with E-state index in [4.69, 9.17) is 14.5 Å². The number of rotatable bonds is 9. The van der Waals surface area contributed by atoms with Crippen LogP contribution in [0.25, 0.3) is 0 Å². The largest absolute Gasteiger partial charge is 0.496 e. The summed E-state index contributed by atoms with van der Waals surface area (Å²) in [6.07, 6.45) is 4.44. The minimum Gasteiger partial charge on any atom is -0.496 e. The van der Waals surface area contributed by atoms with E-state index in [0.717, 1.165) is 46.4 Å². The third-order valence-electron chi connectivity index (χ3n) is 6.03. The fourth-order valence-electron chi connectivity index (χ4n) is 4.03. The molecule has 2 heterocycles. The van der Waals surface area contributed by atoms with Crippen molar-refractivity contribution < 1.29 is 9.47 Å². The van der Waals surface area contributed by atoms with Gasteiger partial charge in [-0.05, 0) is 75.7 Å². The molecule has 4 rings (SSSR count). The molecular formula is C26H33N5O2. The highest BCUT2D eigenvalue weighted by Gasteiger charge is 2.13. The van der Waals surface area contributed by atoms with Crippen LogP contribution in [0.4, 0.5) is 23.1 Å². The van der Waals surface area contributed by atoms with E-state index in [9.17, 15) is 0 Å². The molecule has 0 unspecified atom stereocenters. The van der Waals surface area contributed by atoms with Crippen molar-refractivity contribution >= 4 is 23.1 Å². The fraction of sp³-hybridized carbons (Fsp3) is 0.385. The van der Waals surface area contributed by atoms with Crippen molar-refractivity contribution in [3.8, 4) is 11.5 Å². The van der Waals surface area contributed by atoms with Crippen LogP contribution in [0.5, 0.6) is 11.5 Å². The topological polar surface area (TPSA) is 62.8 Å². The van der Waals surface area contributed by atoms with Gasteiger partial charge in [-0.15, -0.1) is 0 Å². The molecule has 1 aromatic heterocycles. The molecule has 1 aliphatic rings. The van der Waals surface area contributed by atoms with E-state index in [1.807, 2.05) is 62.3 Å². The third-order valence-corrected chi connectivity index (χ3v) is 6.03. The number of nitrogens with one attached hydrogen (secondary N) is 1. The maximum Gasteiger partial charge on any atom is 0.229 e. The van der Waals surface area contributed by atoms with Crippen molar-refractivity contribution in [3.05, 3.63) is 59.8 Å². The average molecular weight is 448 g/mol. The van der Waals surface area contributed by atoms with Crippen molar-refractivity contribution in [2.45, 2.75) is 26.7 Å². The number of methoxy groups -OCH3 is 1. The molecule has 1 fully saturated rings. The molecule has 0 radical (unpaired) electrons. The van der Waals surface area contributed by atoms with Crippen LogP contribution in [-0.2, 0) is 0 Å². The molecular weight excluding hydrogens is 414 g/mol. The molecule has 7 nitrogen and oxygen atoms in total. The number of anilines is 4. The number of aromatic nitrogens is 2. The predicted molar refractivity (Wildman–Crippen MR) is 133 cm³/mol. The van der Waals surface area contributed by atoms with Gasteiger partial charge in [-0.1, -0.05) is 6.07 Å². The minimum atomic E-state index is 0.546. The van der Waals surface area contributed by atoms with Crippen molar-refractivity contribution in [3.63, 3.8) is 0 Å². The zero-order valence-electron chi connectivity index (χ0n) is 20.0. The van der Waals surface area contributed by atoms with Gasteiger partial charge in [-0.2, -0.15) is 4.98 Å². The van der Waals surface area contributed by atoms with Gasteiger partial charge in [0.2, 0.25) is 5.95 Å². The molecule has 1 N–H and O–H groups in total. The molecule has 2 aromatic carbocycles. The Kier molecular flexibility index (Phi) is 7.29. The van der Waals surface area contributed by atoms with Crippen LogP contribution in [0, 0.1) is 13.8 Å². The number of ether oxygens (including phenoxy) is 2. The van der Waals surface area contributed by atoms with Crippen LogP contribution in [0.1, 0.15) is 24.0 Å². The Morgan fingerprint density at radius 2 is 1.79 bits per heavy atom. The van der Waals surface area contributed by atoms with E-state index in [1.54, 1.807) is 7.11 Å². The molecule has 3 aromatic rings. The van der Waals surface area contributed by atoms with Crippen LogP contribution in [-0.4, -0.2) is 55.3 Å². The van der Waals surface area contributed by atoms with Gasteiger partial charge in [0.05, 0.1) is 7.11 Å². The Bertz CT molecular complexity index is 1060. The average Bonchev–Trinajstić information content (AvgIpc) is 3.35. The molecule has 0 bridgehead atoms. The molecule has 0 spiro atoms. The number of benzene rings is 2. The van der Waals surface area contributed by atoms with Crippen LogP contribution >= 0.6 is 0 Å². The van der Waals surface area contributed by atoms with E-state index in [1.165, 1.54) is 25.9 Å². The molecule has 33 heavy (non-hydrogen) atoms. The van der Waals surface area contributed by atoms with E-state index in [0.29, 0.717) is 12.6 Å². The highest BCUT2D eigenvalue weighted by Crippen LogP contribution is 2.30. The van der Waals surface area contributed by atoms with Gasteiger partial charge in [0.15, 0.2) is 0 Å². The summed E-state index contributed by atoms with van der Waals surface area (Å²) >= 11 is 0. The third kappa shape index (κ3) is 5.73. The maximum absolute atomic E-state index is 5.90. The standard InChI is InChI=1S/C26H33N5O2/c1-19-7-10-22(17-24(19)32-4)30(3)25-20(2)18-27-26(29-25)28-21-8-11-23(12-9-21)33-16-15-31-13-5-6-14-31/h7-12,17-18H,5-6,13-16H2,1-4H3,(H,27,28,29). The Balaban J connectivity index is 1.41. The first-order valence-electron chi connectivity index (χ1n) is 11.5. The normalized spacial score (nSPS) is 13.7. The quantitative estimate of drug-likeness (QED) is 0.490. The second-order valence-corrected chi connectivity index (χ2v) is 8.46. The molecule has 0 amide bonds. The molecule has 174 valence electrons. The summed E-state index contributed by atoms with van der Waals surface area (Å²) in [5, 5.41) is 3.30. The molecule has 1 saturated heterocycles. The van der Waals surface area contributed by atoms with Crippen LogP contribution in [0.2, 0.25) is 0 Å². The summed E-state index contributed by atoms with van der Waals surface area (Å²) < 4.78 is 11.4. The molecule has 0 aliphatic carbocycles. The lowest BCUT2D eigenvalue weighted by Gasteiger charge is -2.22. The zero-order valence-corrected chi connectivity index (χ0v) is 20.0.